The van der Waals surface area contributed by atoms with Gasteiger partial charge in [0.1, 0.15) is 6.07 Å². The summed E-state index contributed by atoms with van der Waals surface area (Å²) in [7, 11) is 0. The van der Waals surface area contributed by atoms with Crippen LogP contribution < -0.4 is 10.6 Å². The Hall–Kier alpha value is -2.03. The van der Waals surface area contributed by atoms with Gasteiger partial charge in [0.05, 0.1) is 22.0 Å². The predicted molar refractivity (Wildman–Crippen MR) is 83.0 cm³/mol. The first-order valence-corrected chi connectivity index (χ1v) is 6.79. The smallest absolute Gasteiger partial charge is 0.306 e. The van der Waals surface area contributed by atoms with Crippen LogP contribution in [0.1, 0.15) is 5.56 Å². The van der Waals surface area contributed by atoms with Crippen molar-refractivity contribution >= 4 is 44.9 Å². The maximum absolute atomic E-state index is 11.9. The molecule has 0 aliphatic rings. The number of nitrogens with zero attached hydrogens (tertiary/aromatic N) is 1. The van der Waals surface area contributed by atoms with Gasteiger partial charge in [-0.3, -0.25) is 0 Å². The quantitative estimate of drug-likeness (QED) is 0.830. The summed E-state index contributed by atoms with van der Waals surface area (Å²) in [6, 6.07) is 13.5. The highest BCUT2D eigenvalue weighted by molar-refractivity contribution is 9.10. The van der Waals surface area contributed by atoms with E-state index < -0.39 is 6.03 Å². The topological polar surface area (TPSA) is 64.9 Å². The Labute approximate surface area is 129 Å². The number of carbonyl (C=O) groups is 1. The number of anilines is 2. The van der Waals surface area contributed by atoms with E-state index in [0.29, 0.717) is 22.0 Å². The third kappa shape index (κ3) is 3.50. The van der Waals surface area contributed by atoms with Crippen molar-refractivity contribution in [3.8, 4) is 6.07 Å². The lowest BCUT2D eigenvalue weighted by molar-refractivity contribution is 0.262. The van der Waals surface area contributed by atoms with Crippen molar-refractivity contribution in [3.63, 3.8) is 0 Å². The maximum atomic E-state index is 11.9. The maximum Gasteiger partial charge on any atom is 0.323 e. The molecular formula is C14H9BrClN3O. The molecule has 0 aliphatic heterocycles. The van der Waals surface area contributed by atoms with Gasteiger partial charge in [-0.2, -0.15) is 5.26 Å². The van der Waals surface area contributed by atoms with Crippen LogP contribution in [0.3, 0.4) is 0 Å². The first kappa shape index (κ1) is 14.4. The Bertz CT molecular complexity index is 697. The van der Waals surface area contributed by atoms with E-state index in [1.165, 1.54) is 0 Å². The normalized spacial score (nSPS) is 9.65. The number of carbonyl (C=O) groups excluding carboxylic acids is 1. The number of nitriles is 1. The molecule has 100 valence electrons. The van der Waals surface area contributed by atoms with Gasteiger partial charge >= 0.3 is 6.03 Å². The highest BCUT2D eigenvalue weighted by Crippen LogP contribution is 2.23. The van der Waals surface area contributed by atoms with Gasteiger partial charge < -0.3 is 10.6 Å². The Morgan fingerprint density at radius 3 is 2.55 bits per heavy atom. The Morgan fingerprint density at radius 1 is 1.15 bits per heavy atom. The number of hydrogen-bond acceptors (Lipinski definition) is 2. The zero-order valence-electron chi connectivity index (χ0n) is 10.2. The Balaban J connectivity index is 2.15. The van der Waals surface area contributed by atoms with E-state index >= 15 is 0 Å². The molecule has 20 heavy (non-hydrogen) atoms. The second-order valence-corrected chi connectivity index (χ2v) is 5.18. The Morgan fingerprint density at radius 2 is 1.85 bits per heavy atom. The highest BCUT2D eigenvalue weighted by Gasteiger charge is 2.09. The van der Waals surface area contributed by atoms with E-state index in [9.17, 15) is 4.79 Å². The van der Waals surface area contributed by atoms with E-state index in [1.807, 2.05) is 6.07 Å². The number of halogens is 2. The van der Waals surface area contributed by atoms with Crippen molar-refractivity contribution < 1.29 is 4.79 Å². The average Bonchev–Trinajstić information content (AvgIpc) is 2.41. The van der Waals surface area contributed by atoms with Gasteiger partial charge in [0, 0.05) is 4.47 Å². The van der Waals surface area contributed by atoms with Crippen molar-refractivity contribution in [2.24, 2.45) is 0 Å². The van der Waals surface area contributed by atoms with Crippen molar-refractivity contribution in [2.45, 2.75) is 0 Å². The molecular weight excluding hydrogens is 342 g/mol. The minimum absolute atomic E-state index is 0.377. The lowest BCUT2D eigenvalue weighted by Gasteiger charge is -2.10. The number of rotatable bonds is 2. The van der Waals surface area contributed by atoms with Gasteiger partial charge in [-0.1, -0.05) is 39.7 Å². The van der Waals surface area contributed by atoms with Gasteiger partial charge in [-0.25, -0.2) is 4.79 Å². The van der Waals surface area contributed by atoms with Crippen LogP contribution in [0.25, 0.3) is 0 Å². The van der Waals surface area contributed by atoms with E-state index in [0.717, 1.165) is 4.47 Å². The molecule has 0 aliphatic carbocycles. The fourth-order valence-corrected chi connectivity index (χ4v) is 2.10. The van der Waals surface area contributed by atoms with Crippen LogP contribution in [-0.2, 0) is 0 Å². The van der Waals surface area contributed by atoms with E-state index in [2.05, 4.69) is 26.6 Å². The lowest BCUT2D eigenvalue weighted by Crippen LogP contribution is -2.20. The van der Waals surface area contributed by atoms with E-state index in [4.69, 9.17) is 16.9 Å². The standard InChI is InChI=1S/C14H9BrClN3O/c15-10-6-5-9(8-17)13(7-10)19-14(20)18-12-4-2-1-3-11(12)16/h1-7H,(H2,18,19,20). The minimum atomic E-state index is -0.465. The zero-order chi connectivity index (χ0) is 14.5. The fraction of sp³-hybridized carbons (Fsp3) is 0. The monoisotopic (exact) mass is 349 g/mol. The summed E-state index contributed by atoms with van der Waals surface area (Å²) in [5.41, 5.74) is 1.30. The number of hydrogen-bond donors (Lipinski definition) is 2. The molecule has 0 fully saturated rings. The molecule has 0 spiro atoms. The van der Waals surface area contributed by atoms with Crippen LogP contribution in [0.15, 0.2) is 46.9 Å². The molecule has 2 aromatic carbocycles. The number of amides is 2. The number of nitrogens with one attached hydrogen (secondary N) is 2. The van der Waals surface area contributed by atoms with Gasteiger partial charge in [0.2, 0.25) is 0 Å². The van der Waals surface area contributed by atoms with Crippen molar-refractivity contribution in [1.82, 2.24) is 0 Å². The zero-order valence-corrected chi connectivity index (χ0v) is 12.5. The summed E-state index contributed by atoms with van der Waals surface area (Å²) in [5.74, 6) is 0. The molecule has 0 unspecified atom stereocenters. The lowest BCUT2D eigenvalue weighted by atomic mass is 10.2. The third-order valence-electron chi connectivity index (χ3n) is 2.47. The summed E-state index contributed by atoms with van der Waals surface area (Å²) in [6.45, 7) is 0. The van der Waals surface area contributed by atoms with E-state index in [1.54, 1.807) is 42.5 Å². The molecule has 6 heteroatoms. The molecule has 0 atom stereocenters. The molecule has 0 bridgehead atoms. The van der Waals surface area contributed by atoms with Gasteiger partial charge in [0.15, 0.2) is 0 Å². The summed E-state index contributed by atoms with van der Waals surface area (Å²) in [5, 5.41) is 14.7. The predicted octanol–water partition coefficient (Wildman–Crippen LogP) is 4.62. The molecule has 0 radical (unpaired) electrons. The highest BCUT2D eigenvalue weighted by atomic mass is 79.9. The largest absolute Gasteiger partial charge is 0.323 e. The molecule has 0 aromatic heterocycles. The van der Waals surface area contributed by atoms with Crippen LogP contribution in [0.2, 0.25) is 5.02 Å². The second-order valence-electron chi connectivity index (χ2n) is 3.86. The molecule has 2 aromatic rings. The van der Waals surface area contributed by atoms with Crippen LogP contribution in [-0.4, -0.2) is 6.03 Å². The van der Waals surface area contributed by atoms with Crippen LogP contribution in [0.5, 0.6) is 0 Å². The molecule has 4 nitrogen and oxygen atoms in total. The summed E-state index contributed by atoms with van der Waals surface area (Å²) < 4.78 is 0.768. The molecule has 2 rings (SSSR count). The third-order valence-corrected chi connectivity index (χ3v) is 3.30. The van der Waals surface area contributed by atoms with Crippen LogP contribution in [0, 0.1) is 11.3 Å². The molecule has 2 amide bonds. The first-order valence-electron chi connectivity index (χ1n) is 5.62. The van der Waals surface area contributed by atoms with E-state index in [-0.39, 0.29) is 0 Å². The fourth-order valence-electron chi connectivity index (χ4n) is 1.56. The molecule has 0 saturated carbocycles. The SMILES string of the molecule is N#Cc1ccc(Br)cc1NC(=O)Nc1ccccc1Cl. The molecule has 2 N–H and O–H groups in total. The summed E-state index contributed by atoms with van der Waals surface area (Å²) in [4.78, 5) is 11.9. The van der Waals surface area contributed by atoms with Gasteiger partial charge in [-0.15, -0.1) is 0 Å². The van der Waals surface area contributed by atoms with Crippen molar-refractivity contribution in [1.29, 1.82) is 5.26 Å². The Kier molecular flexibility index (Phi) is 4.61. The summed E-state index contributed by atoms with van der Waals surface area (Å²) >= 11 is 9.24. The van der Waals surface area contributed by atoms with Crippen molar-refractivity contribution in [2.75, 3.05) is 10.6 Å². The second kappa shape index (κ2) is 6.42. The first-order chi connectivity index (χ1) is 9.60. The van der Waals surface area contributed by atoms with Gasteiger partial charge in [-0.05, 0) is 30.3 Å². The average molecular weight is 351 g/mol. The van der Waals surface area contributed by atoms with Crippen LogP contribution >= 0.6 is 27.5 Å². The summed E-state index contributed by atoms with van der Waals surface area (Å²) in [6.07, 6.45) is 0. The molecule has 0 heterocycles. The number of benzene rings is 2. The van der Waals surface area contributed by atoms with Crippen LogP contribution in [0.4, 0.5) is 16.2 Å². The molecule has 0 saturated heterocycles. The minimum Gasteiger partial charge on any atom is -0.306 e. The number of urea groups is 1. The van der Waals surface area contributed by atoms with Gasteiger partial charge in [0.25, 0.3) is 0 Å². The van der Waals surface area contributed by atoms with Crippen molar-refractivity contribution in [3.05, 3.63) is 57.5 Å². The number of para-hydroxylation sites is 1.